The van der Waals surface area contributed by atoms with Crippen LogP contribution in [0.2, 0.25) is 0 Å². The molecular formula is C14H22N2O3S. The molecule has 20 heavy (non-hydrogen) atoms. The van der Waals surface area contributed by atoms with E-state index in [1.54, 1.807) is 19.1 Å². The quantitative estimate of drug-likeness (QED) is 0.803. The van der Waals surface area contributed by atoms with Gasteiger partial charge in [0.25, 0.3) is 0 Å². The van der Waals surface area contributed by atoms with E-state index in [9.17, 15) is 13.2 Å². The lowest BCUT2D eigenvalue weighted by molar-refractivity contribution is -0.119. The lowest BCUT2D eigenvalue weighted by atomic mass is 10.0. The number of nitrogens with one attached hydrogen (secondary N) is 1. The van der Waals surface area contributed by atoms with Gasteiger partial charge in [0, 0.05) is 12.2 Å². The van der Waals surface area contributed by atoms with Gasteiger partial charge in [0.05, 0.1) is 16.6 Å². The molecule has 0 aliphatic carbocycles. The van der Waals surface area contributed by atoms with Gasteiger partial charge in [-0.05, 0) is 30.7 Å². The standard InChI is InChI=1S/C14H22N2O3S/c1-3-5-11(10-15)14(17)16-12-6-8-13(9-7-12)20(18,19)4-2/h6-9,11H,3-5,10,15H2,1-2H3,(H,16,17). The van der Waals surface area contributed by atoms with E-state index in [1.165, 1.54) is 12.1 Å². The van der Waals surface area contributed by atoms with Crippen LogP contribution in [0.5, 0.6) is 0 Å². The minimum Gasteiger partial charge on any atom is -0.330 e. The smallest absolute Gasteiger partial charge is 0.228 e. The number of amides is 1. The number of rotatable bonds is 7. The fourth-order valence-corrected chi connectivity index (χ4v) is 2.75. The third-order valence-electron chi connectivity index (χ3n) is 3.15. The van der Waals surface area contributed by atoms with Gasteiger partial charge in [0.1, 0.15) is 0 Å². The summed E-state index contributed by atoms with van der Waals surface area (Å²) in [5, 5.41) is 2.76. The van der Waals surface area contributed by atoms with Crippen LogP contribution in [0, 0.1) is 5.92 Å². The van der Waals surface area contributed by atoms with Crippen molar-refractivity contribution in [1.82, 2.24) is 0 Å². The Balaban J connectivity index is 2.78. The molecule has 1 unspecified atom stereocenters. The number of hydrogen-bond acceptors (Lipinski definition) is 4. The fourth-order valence-electron chi connectivity index (χ4n) is 1.86. The van der Waals surface area contributed by atoms with Crippen LogP contribution in [0.15, 0.2) is 29.2 Å². The fraction of sp³-hybridized carbons (Fsp3) is 0.500. The molecule has 0 spiro atoms. The second-order valence-electron chi connectivity index (χ2n) is 4.64. The van der Waals surface area contributed by atoms with Crippen LogP contribution in [0.1, 0.15) is 26.7 Å². The first-order chi connectivity index (χ1) is 9.44. The van der Waals surface area contributed by atoms with Gasteiger partial charge in [-0.15, -0.1) is 0 Å². The van der Waals surface area contributed by atoms with Crippen molar-refractivity contribution in [3.63, 3.8) is 0 Å². The van der Waals surface area contributed by atoms with Crippen LogP contribution >= 0.6 is 0 Å². The molecule has 5 nitrogen and oxygen atoms in total. The van der Waals surface area contributed by atoms with E-state index in [0.29, 0.717) is 12.2 Å². The summed E-state index contributed by atoms with van der Waals surface area (Å²) in [6.07, 6.45) is 1.63. The van der Waals surface area contributed by atoms with Gasteiger partial charge in [-0.25, -0.2) is 8.42 Å². The first kappa shape index (κ1) is 16.7. The molecule has 1 aromatic rings. The largest absolute Gasteiger partial charge is 0.330 e. The average molecular weight is 298 g/mol. The lowest BCUT2D eigenvalue weighted by Gasteiger charge is -2.14. The average Bonchev–Trinajstić information content (AvgIpc) is 2.45. The Bertz CT molecular complexity index is 538. The molecule has 1 aromatic carbocycles. The molecule has 3 N–H and O–H groups in total. The monoisotopic (exact) mass is 298 g/mol. The molecule has 0 aliphatic heterocycles. The number of nitrogens with two attached hydrogens (primary N) is 1. The number of hydrogen-bond donors (Lipinski definition) is 2. The minimum absolute atomic E-state index is 0.0600. The highest BCUT2D eigenvalue weighted by atomic mass is 32.2. The summed E-state index contributed by atoms with van der Waals surface area (Å²) in [5.74, 6) is -0.274. The zero-order valence-corrected chi connectivity index (χ0v) is 12.7. The Kier molecular flexibility index (Phi) is 6.16. The molecule has 1 atom stereocenters. The Morgan fingerprint density at radius 2 is 1.85 bits per heavy atom. The Hall–Kier alpha value is -1.40. The molecule has 0 saturated carbocycles. The van der Waals surface area contributed by atoms with E-state index in [2.05, 4.69) is 5.32 Å². The predicted octanol–water partition coefficient (Wildman–Crippen LogP) is 1.79. The molecule has 0 radical (unpaired) electrons. The van der Waals surface area contributed by atoms with Gasteiger partial charge >= 0.3 is 0 Å². The van der Waals surface area contributed by atoms with E-state index in [0.717, 1.165) is 12.8 Å². The van der Waals surface area contributed by atoms with Gasteiger partial charge in [-0.2, -0.15) is 0 Å². The summed E-state index contributed by atoms with van der Waals surface area (Å²) in [6.45, 7) is 3.91. The molecule has 0 bridgehead atoms. The maximum absolute atomic E-state index is 12.0. The number of carbonyl (C=O) groups excluding carboxylic acids is 1. The summed E-state index contributed by atoms with van der Waals surface area (Å²) in [7, 11) is -3.21. The topological polar surface area (TPSA) is 89.3 Å². The Morgan fingerprint density at radius 3 is 2.30 bits per heavy atom. The minimum atomic E-state index is -3.21. The Labute approximate surface area is 120 Å². The molecule has 112 valence electrons. The maximum Gasteiger partial charge on any atom is 0.228 e. The summed E-state index contributed by atoms with van der Waals surface area (Å²) in [4.78, 5) is 12.2. The van der Waals surface area contributed by atoms with Gasteiger partial charge in [0.15, 0.2) is 9.84 Å². The molecule has 6 heteroatoms. The van der Waals surface area contributed by atoms with E-state index in [1.807, 2.05) is 6.92 Å². The molecule has 0 aliphatic rings. The van der Waals surface area contributed by atoms with Crippen LogP contribution in [0.25, 0.3) is 0 Å². The summed E-state index contributed by atoms with van der Waals surface area (Å²) >= 11 is 0. The lowest BCUT2D eigenvalue weighted by Crippen LogP contribution is -2.29. The van der Waals surface area contributed by atoms with Crippen LogP contribution in [0.4, 0.5) is 5.69 Å². The van der Waals surface area contributed by atoms with Crippen LogP contribution in [0.3, 0.4) is 0 Å². The normalized spacial score (nSPS) is 12.9. The molecule has 0 fully saturated rings. The molecular weight excluding hydrogens is 276 g/mol. The highest BCUT2D eigenvalue weighted by Crippen LogP contribution is 2.16. The van der Waals surface area contributed by atoms with Crippen molar-refractivity contribution in [2.24, 2.45) is 11.7 Å². The second-order valence-corrected chi connectivity index (χ2v) is 6.92. The van der Waals surface area contributed by atoms with E-state index in [4.69, 9.17) is 5.73 Å². The van der Waals surface area contributed by atoms with E-state index < -0.39 is 9.84 Å². The highest BCUT2D eigenvalue weighted by molar-refractivity contribution is 7.91. The highest BCUT2D eigenvalue weighted by Gasteiger charge is 2.16. The summed E-state index contributed by atoms with van der Waals surface area (Å²) < 4.78 is 23.3. The van der Waals surface area contributed by atoms with Crippen molar-refractivity contribution in [3.8, 4) is 0 Å². The summed E-state index contributed by atoms with van der Waals surface area (Å²) in [6, 6.07) is 6.21. The van der Waals surface area contributed by atoms with Crippen molar-refractivity contribution in [2.45, 2.75) is 31.6 Å². The molecule has 0 aromatic heterocycles. The van der Waals surface area contributed by atoms with Crippen LogP contribution in [-0.4, -0.2) is 26.6 Å². The third-order valence-corrected chi connectivity index (χ3v) is 4.90. The Morgan fingerprint density at radius 1 is 1.25 bits per heavy atom. The number of sulfone groups is 1. The van der Waals surface area contributed by atoms with Crippen LogP contribution < -0.4 is 11.1 Å². The predicted molar refractivity (Wildman–Crippen MR) is 80.3 cm³/mol. The van der Waals surface area contributed by atoms with Crippen molar-refractivity contribution in [2.75, 3.05) is 17.6 Å². The molecule has 0 saturated heterocycles. The molecule has 0 heterocycles. The molecule has 1 amide bonds. The van der Waals surface area contributed by atoms with Crippen molar-refractivity contribution in [1.29, 1.82) is 0 Å². The van der Waals surface area contributed by atoms with Gasteiger partial charge in [0.2, 0.25) is 5.91 Å². The van der Waals surface area contributed by atoms with Gasteiger partial charge in [-0.1, -0.05) is 20.3 Å². The van der Waals surface area contributed by atoms with Crippen molar-refractivity contribution in [3.05, 3.63) is 24.3 Å². The van der Waals surface area contributed by atoms with Gasteiger partial charge in [-0.3, -0.25) is 4.79 Å². The second kappa shape index (κ2) is 7.40. The number of benzene rings is 1. The maximum atomic E-state index is 12.0. The van der Waals surface area contributed by atoms with Crippen molar-refractivity contribution < 1.29 is 13.2 Å². The van der Waals surface area contributed by atoms with Crippen molar-refractivity contribution >= 4 is 21.4 Å². The first-order valence-electron chi connectivity index (χ1n) is 6.78. The van der Waals surface area contributed by atoms with Crippen LogP contribution in [-0.2, 0) is 14.6 Å². The zero-order valence-electron chi connectivity index (χ0n) is 11.9. The summed E-state index contributed by atoms with van der Waals surface area (Å²) in [5.41, 5.74) is 6.16. The zero-order chi connectivity index (χ0) is 15.2. The van der Waals surface area contributed by atoms with Gasteiger partial charge < -0.3 is 11.1 Å². The van der Waals surface area contributed by atoms with E-state index >= 15 is 0 Å². The SMILES string of the molecule is CCCC(CN)C(=O)Nc1ccc(S(=O)(=O)CC)cc1. The molecule has 1 rings (SSSR count). The first-order valence-corrected chi connectivity index (χ1v) is 8.43. The third kappa shape index (κ3) is 4.31. The number of carbonyl (C=O) groups is 1. The van der Waals surface area contributed by atoms with E-state index in [-0.39, 0.29) is 22.5 Å². The number of anilines is 1.